The predicted molar refractivity (Wildman–Crippen MR) is 70.2 cm³/mol. The quantitative estimate of drug-likeness (QED) is 0.826. The van der Waals surface area contributed by atoms with Crippen molar-refractivity contribution in [2.45, 2.75) is 32.9 Å². The van der Waals surface area contributed by atoms with Crippen molar-refractivity contribution in [1.82, 2.24) is 4.90 Å². The number of likely N-dealkylation sites (N-methyl/N-ethyl adjacent to an activating group) is 1. The molecule has 0 radical (unpaired) electrons. The van der Waals surface area contributed by atoms with Gasteiger partial charge >= 0.3 is 0 Å². The minimum Gasteiger partial charge on any atom is -0.329 e. The second-order valence-corrected chi connectivity index (χ2v) is 5.06. The first-order valence-electron chi connectivity index (χ1n) is 5.96. The van der Waals surface area contributed by atoms with Crippen molar-refractivity contribution < 1.29 is 0 Å². The number of rotatable bonds is 5. The van der Waals surface area contributed by atoms with Gasteiger partial charge in [-0.1, -0.05) is 44.2 Å². The van der Waals surface area contributed by atoms with E-state index in [1.807, 2.05) is 6.07 Å². The monoisotopic (exact) mass is 220 g/mol. The van der Waals surface area contributed by atoms with E-state index in [2.05, 4.69) is 57.0 Å². The Bertz CT molecular complexity index is 308. The van der Waals surface area contributed by atoms with E-state index in [9.17, 15) is 0 Å². The molecule has 0 spiro atoms. The molecule has 0 aliphatic heterocycles. The Morgan fingerprint density at radius 3 is 2.25 bits per heavy atom. The van der Waals surface area contributed by atoms with Gasteiger partial charge in [-0.05, 0) is 25.5 Å². The Hall–Kier alpha value is -0.860. The molecule has 90 valence electrons. The van der Waals surface area contributed by atoms with Crippen LogP contribution in [0.15, 0.2) is 30.3 Å². The van der Waals surface area contributed by atoms with E-state index in [1.54, 1.807) is 0 Å². The molecule has 2 nitrogen and oxygen atoms in total. The summed E-state index contributed by atoms with van der Waals surface area (Å²) in [4.78, 5) is 2.35. The van der Waals surface area contributed by atoms with Crippen molar-refractivity contribution >= 4 is 0 Å². The van der Waals surface area contributed by atoms with Crippen LogP contribution in [0.5, 0.6) is 0 Å². The summed E-state index contributed by atoms with van der Waals surface area (Å²) in [5, 5.41) is 0. The fourth-order valence-electron chi connectivity index (χ4n) is 1.87. The lowest BCUT2D eigenvalue weighted by atomic mass is 9.86. The first kappa shape index (κ1) is 13.2. The molecule has 1 rings (SSSR count). The first-order chi connectivity index (χ1) is 7.50. The molecule has 0 saturated heterocycles. The normalized spacial score (nSPS) is 15.4. The molecule has 1 unspecified atom stereocenters. The largest absolute Gasteiger partial charge is 0.329 e. The summed E-state index contributed by atoms with van der Waals surface area (Å²) in [6.07, 6.45) is 0. The molecule has 16 heavy (non-hydrogen) atoms. The summed E-state index contributed by atoms with van der Waals surface area (Å²) in [5.41, 5.74) is 7.32. The lowest BCUT2D eigenvalue weighted by Crippen LogP contribution is -2.53. The first-order valence-corrected chi connectivity index (χ1v) is 5.96. The average molecular weight is 220 g/mol. The SMILES string of the molecule is CC(C)C(C)(CN)N(C)Cc1ccccc1. The highest BCUT2D eigenvalue weighted by Crippen LogP contribution is 2.23. The van der Waals surface area contributed by atoms with Crippen LogP contribution in [0.25, 0.3) is 0 Å². The Morgan fingerprint density at radius 1 is 1.25 bits per heavy atom. The fraction of sp³-hybridized carbons (Fsp3) is 0.571. The zero-order valence-electron chi connectivity index (χ0n) is 10.9. The van der Waals surface area contributed by atoms with Gasteiger partial charge in [0.2, 0.25) is 0 Å². The van der Waals surface area contributed by atoms with E-state index in [-0.39, 0.29) is 5.54 Å². The standard InChI is InChI=1S/C14H24N2/c1-12(2)14(3,11-15)16(4)10-13-8-6-5-7-9-13/h5-9,12H,10-11,15H2,1-4H3. The highest BCUT2D eigenvalue weighted by Gasteiger charge is 2.31. The number of benzene rings is 1. The molecule has 0 saturated carbocycles. The molecule has 2 N–H and O–H groups in total. The number of hydrogen-bond donors (Lipinski definition) is 1. The third-order valence-corrected chi connectivity index (χ3v) is 3.79. The number of nitrogens with zero attached hydrogens (tertiary/aromatic N) is 1. The maximum atomic E-state index is 5.92. The van der Waals surface area contributed by atoms with Crippen molar-refractivity contribution in [2.24, 2.45) is 11.7 Å². The van der Waals surface area contributed by atoms with Gasteiger partial charge in [-0.3, -0.25) is 4.90 Å². The van der Waals surface area contributed by atoms with Gasteiger partial charge in [0.1, 0.15) is 0 Å². The van der Waals surface area contributed by atoms with Gasteiger partial charge in [0.25, 0.3) is 0 Å². The maximum absolute atomic E-state index is 5.92. The van der Waals surface area contributed by atoms with E-state index in [1.165, 1.54) is 5.56 Å². The molecular formula is C14H24N2. The summed E-state index contributed by atoms with van der Waals surface area (Å²) in [6.45, 7) is 8.34. The second kappa shape index (κ2) is 5.46. The predicted octanol–water partition coefficient (Wildman–Crippen LogP) is 2.49. The Balaban J connectivity index is 2.74. The molecular weight excluding hydrogens is 196 g/mol. The summed E-state index contributed by atoms with van der Waals surface area (Å²) in [5.74, 6) is 0.547. The lowest BCUT2D eigenvalue weighted by Gasteiger charge is -2.41. The maximum Gasteiger partial charge on any atom is 0.0326 e. The molecule has 0 aromatic heterocycles. The third kappa shape index (κ3) is 2.83. The summed E-state index contributed by atoms with van der Waals surface area (Å²) in [6, 6.07) is 10.5. The van der Waals surface area contributed by atoms with E-state index in [0.717, 1.165) is 6.54 Å². The number of nitrogens with two attached hydrogens (primary N) is 1. The van der Waals surface area contributed by atoms with Crippen LogP contribution in [-0.2, 0) is 6.54 Å². The van der Waals surface area contributed by atoms with Gasteiger partial charge in [0.05, 0.1) is 0 Å². The highest BCUT2D eigenvalue weighted by molar-refractivity contribution is 5.15. The highest BCUT2D eigenvalue weighted by atomic mass is 15.2. The van der Waals surface area contributed by atoms with E-state index >= 15 is 0 Å². The Morgan fingerprint density at radius 2 is 1.81 bits per heavy atom. The van der Waals surface area contributed by atoms with Gasteiger partial charge in [-0.15, -0.1) is 0 Å². The van der Waals surface area contributed by atoms with Crippen LogP contribution >= 0.6 is 0 Å². The minimum atomic E-state index is 0.0653. The Labute approximate surface area is 99.5 Å². The van der Waals surface area contributed by atoms with Crippen LogP contribution in [0.1, 0.15) is 26.3 Å². The average Bonchev–Trinajstić information content (AvgIpc) is 2.28. The molecule has 0 amide bonds. The van der Waals surface area contributed by atoms with Gasteiger partial charge in [-0.2, -0.15) is 0 Å². The fourth-order valence-corrected chi connectivity index (χ4v) is 1.87. The van der Waals surface area contributed by atoms with Crippen LogP contribution < -0.4 is 5.73 Å². The van der Waals surface area contributed by atoms with Gasteiger partial charge in [-0.25, -0.2) is 0 Å². The van der Waals surface area contributed by atoms with Crippen molar-refractivity contribution in [3.63, 3.8) is 0 Å². The molecule has 1 aromatic carbocycles. The summed E-state index contributed by atoms with van der Waals surface area (Å²) >= 11 is 0. The van der Waals surface area contributed by atoms with Crippen LogP contribution in [-0.4, -0.2) is 24.0 Å². The van der Waals surface area contributed by atoms with Crippen LogP contribution in [0.3, 0.4) is 0 Å². The lowest BCUT2D eigenvalue weighted by molar-refractivity contribution is 0.0878. The molecule has 0 heterocycles. The van der Waals surface area contributed by atoms with Gasteiger partial charge < -0.3 is 5.73 Å². The molecule has 0 aliphatic carbocycles. The van der Waals surface area contributed by atoms with Gasteiger partial charge in [0, 0.05) is 18.6 Å². The van der Waals surface area contributed by atoms with Crippen LogP contribution in [0.2, 0.25) is 0 Å². The van der Waals surface area contributed by atoms with E-state index < -0.39 is 0 Å². The molecule has 0 bridgehead atoms. The smallest absolute Gasteiger partial charge is 0.0326 e. The molecule has 2 heteroatoms. The second-order valence-electron chi connectivity index (χ2n) is 5.06. The molecule has 1 aromatic rings. The van der Waals surface area contributed by atoms with Crippen molar-refractivity contribution in [2.75, 3.05) is 13.6 Å². The zero-order chi connectivity index (χ0) is 12.2. The molecule has 0 fully saturated rings. The van der Waals surface area contributed by atoms with Crippen molar-refractivity contribution in [1.29, 1.82) is 0 Å². The third-order valence-electron chi connectivity index (χ3n) is 3.79. The molecule has 0 aliphatic rings. The van der Waals surface area contributed by atoms with E-state index in [0.29, 0.717) is 12.5 Å². The van der Waals surface area contributed by atoms with Crippen LogP contribution in [0, 0.1) is 5.92 Å². The number of hydrogen-bond acceptors (Lipinski definition) is 2. The topological polar surface area (TPSA) is 29.3 Å². The Kier molecular flexibility index (Phi) is 4.51. The van der Waals surface area contributed by atoms with Gasteiger partial charge in [0.15, 0.2) is 0 Å². The van der Waals surface area contributed by atoms with Crippen molar-refractivity contribution in [3.8, 4) is 0 Å². The summed E-state index contributed by atoms with van der Waals surface area (Å²) < 4.78 is 0. The minimum absolute atomic E-state index is 0.0653. The van der Waals surface area contributed by atoms with Crippen molar-refractivity contribution in [3.05, 3.63) is 35.9 Å². The zero-order valence-corrected chi connectivity index (χ0v) is 10.9. The van der Waals surface area contributed by atoms with Crippen LogP contribution in [0.4, 0.5) is 0 Å². The summed E-state index contributed by atoms with van der Waals surface area (Å²) in [7, 11) is 2.15. The van der Waals surface area contributed by atoms with E-state index in [4.69, 9.17) is 5.73 Å². The molecule has 1 atom stereocenters.